The van der Waals surface area contributed by atoms with Gasteiger partial charge in [0, 0.05) is 6.54 Å². The van der Waals surface area contributed by atoms with Gasteiger partial charge in [0.1, 0.15) is 18.2 Å². The maximum absolute atomic E-state index is 12.6. The summed E-state index contributed by atoms with van der Waals surface area (Å²) in [5.74, 6) is -0.0189. The van der Waals surface area contributed by atoms with E-state index in [2.05, 4.69) is 10.3 Å². The molecule has 0 spiro atoms. The molecule has 0 amide bonds. The van der Waals surface area contributed by atoms with Gasteiger partial charge in [-0.25, -0.2) is 9.59 Å². The number of aromatic amines is 1. The predicted molar refractivity (Wildman–Crippen MR) is 93.4 cm³/mol. The van der Waals surface area contributed by atoms with Crippen LogP contribution in [0.1, 0.15) is 24.0 Å². The van der Waals surface area contributed by atoms with Gasteiger partial charge in [0.15, 0.2) is 0 Å². The number of nitrogens with one attached hydrogen (secondary N) is 2. The van der Waals surface area contributed by atoms with E-state index in [1.54, 1.807) is 31.4 Å². The number of H-pyrrole nitrogens is 1. The second kappa shape index (κ2) is 5.91. The molecule has 2 aliphatic heterocycles. The molecule has 2 aliphatic rings. The van der Waals surface area contributed by atoms with Crippen LogP contribution in [0.15, 0.2) is 45.1 Å². The maximum Gasteiger partial charge on any atom is 0.337 e. The summed E-state index contributed by atoms with van der Waals surface area (Å²) in [6.45, 7) is 2.27. The van der Waals surface area contributed by atoms with Crippen LogP contribution in [0.3, 0.4) is 0 Å². The number of esters is 1. The van der Waals surface area contributed by atoms with Gasteiger partial charge in [0.2, 0.25) is 0 Å². The fraction of sp³-hybridized carbons (Fsp3) is 0.278. The number of ether oxygens (including phenoxy) is 2. The first-order valence-corrected chi connectivity index (χ1v) is 8.23. The van der Waals surface area contributed by atoms with E-state index in [1.807, 2.05) is 6.92 Å². The molecule has 0 saturated heterocycles. The first-order valence-electron chi connectivity index (χ1n) is 8.23. The Morgan fingerprint density at radius 1 is 1.23 bits per heavy atom. The van der Waals surface area contributed by atoms with Gasteiger partial charge < -0.3 is 14.8 Å². The molecule has 4 rings (SSSR count). The molecule has 2 aromatic rings. The molecule has 0 fully saturated rings. The smallest absolute Gasteiger partial charge is 0.337 e. The summed E-state index contributed by atoms with van der Waals surface area (Å²) in [4.78, 5) is 39.5. The average molecular weight is 355 g/mol. The third-order valence-corrected chi connectivity index (χ3v) is 4.74. The topological polar surface area (TPSA) is 102 Å². The van der Waals surface area contributed by atoms with Crippen molar-refractivity contribution in [1.82, 2.24) is 9.55 Å². The van der Waals surface area contributed by atoms with Gasteiger partial charge in [-0.1, -0.05) is 12.1 Å². The lowest BCUT2D eigenvalue weighted by Crippen LogP contribution is -2.38. The Balaban J connectivity index is 2.00. The number of hydrogen-bond donors (Lipinski definition) is 2. The summed E-state index contributed by atoms with van der Waals surface area (Å²) < 4.78 is 11.8. The second-order valence-electron chi connectivity index (χ2n) is 6.07. The maximum atomic E-state index is 12.6. The van der Waals surface area contributed by atoms with Crippen LogP contribution >= 0.6 is 0 Å². The van der Waals surface area contributed by atoms with Crippen molar-refractivity contribution in [3.63, 3.8) is 0 Å². The molecule has 0 bridgehead atoms. The normalized spacial score (nSPS) is 18.1. The van der Waals surface area contributed by atoms with E-state index >= 15 is 0 Å². The highest BCUT2D eigenvalue weighted by atomic mass is 16.5. The monoisotopic (exact) mass is 355 g/mol. The van der Waals surface area contributed by atoms with Crippen molar-refractivity contribution in [2.75, 3.05) is 19.0 Å². The number of hydrogen-bond acceptors (Lipinski definition) is 6. The molecule has 1 atom stereocenters. The van der Waals surface area contributed by atoms with Crippen LogP contribution in [0.5, 0.6) is 5.75 Å². The number of carbonyl (C=O) groups excluding carboxylic acids is 1. The van der Waals surface area contributed by atoms with Crippen molar-refractivity contribution < 1.29 is 14.3 Å². The van der Waals surface area contributed by atoms with Gasteiger partial charge in [-0.2, -0.15) is 0 Å². The number of aromatic nitrogens is 2. The van der Waals surface area contributed by atoms with E-state index in [0.717, 1.165) is 5.56 Å². The van der Waals surface area contributed by atoms with Crippen LogP contribution < -0.4 is 21.3 Å². The van der Waals surface area contributed by atoms with Crippen LogP contribution in [-0.2, 0) is 16.1 Å². The minimum absolute atomic E-state index is 0.0883. The van der Waals surface area contributed by atoms with E-state index in [1.165, 1.54) is 4.57 Å². The van der Waals surface area contributed by atoms with Crippen molar-refractivity contribution >= 4 is 11.8 Å². The Labute approximate surface area is 148 Å². The average Bonchev–Trinajstić information content (AvgIpc) is 3.01. The largest absolute Gasteiger partial charge is 0.497 e. The van der Waals surface area contributed by atoms with E-state index in [4.69, 9.17) is 9.47 Å². The number of nitrogens with zero attached hydrogens (tertiary/aromatic N) is 1. The lowest BCUT2D eigenvalue weighted by Gasteiger charge is -2.28. The number of anilines is 1. The lowest BCUT2D eigenvalue weighted by molar-refractivity contribution is -0.136. The molecule has 1 unspecified atom stereocenters. The van der Waals surface area contributed by atoms with Gasteiger partial charge >= 0.3 is 11.7 Å². The predicted octanol–water partition coefficient (Wildman–Crippen LogP) is 0.933. The van der Waals surface area contributed by atoms with Gasteiger partial charge in [-0.3, -0.25) is 14.3 Å². The van der Waals surface area contributed by atoms with Crippen molar-refractivity contribution in [3.8, 4) is 5.75 Å². The van der Waals surface area contributed by atoms with Crippen molar-refractivity contribution in [2.45, 2.75) is 19.4 Å². The highest BCUT2D eigenvalue weighted by molar-refractivity contribution is 5.96. The van der Waals surface area contributed by atoms with Gasteiger partial charge in [-0.15, -0.1) is 0 Å². The third-order valence-electron chi connectivity index (χ3n) is 4.74. The fourth-order valence-corrected chi connectivity index (χ4v) is 3.52. The lowest BCUT2D eigenvalue weighted by atomic mass is 9.83. The van der Waals surface area contributed by atoms with Crippen molar-refractivity contribution in [3.05, 3.63) is 67.5 Å². The first-order chi connectivity index (χ1) is 12.5. The number of rotatable bonds is 3. The molecule has 134 valence electrons. The first kappa shape index (κ1) is 16.2. The Morgan fingerprint density at radius 2 is 1.96 bits per heavy atom. The summed E-state index contributed by atoms with van der Waals surface area (Å²) in [5, 5.41) is 3.06. The minimum atomic E-state index is -0.621. The summed E-state index contributed by atoms with van der Waals surface area (Å²) in [6, 6.07) is 7.13. The quantitative estimate of drug-likeness (QED) is 0.794. The zero-order valence-electron chi connectivity index (χ0n) is 14.3. The number of carbonyl (C=O) groups is 1. The molecule has 0 aliphatic carbocycles. The molecule has 2 N–H and O–H groups in total. The van der Waals surface area contributed by atoms with Crippen molar-refractivity contribution in [2.24, 2.45) is 0 Å². The molecule has 8 heteroatoms. The molecular formula is C18H17N3O5. The number of fused-ring (bicyclic) bond motifs is 1. The number of methoxy groups -OCH3 is 1. The zero-order chi connectivity index (χ0) is 18.4. The van der Waals surface area contributed by atoms with E-state index in [0.29, 0.717) is 34.9 Å². The van der Waals surface area contributed by atoms with E-state index in [-0.39, 0.29) is 6.61 Å². The summed E-state index contributed by atoms with van der Waals surface area (Å²) >= 11 is 0. The Hall–Kier alpha value is -3.29. The molecule has 0 saturated carbocycles. The highest BCUT2D eigenvalue weighted by Crippen LogP contribution is 2.42. The van der Waals surface area contributed by atoms with Crippen LogP contribution in [0.2, 0.25) is 0 Å². The number of cyclic esters (lactones) is 1. The number of benzene rings is 1. The van der Waals surface area contributed by atoms with Crippen LogP contribution in [-0.4, -0.2) is 29.2 Å². The summed E-state index contributed by atoms with van der Waals surface area (Å²) in [7, 11) is 1.56. The summed E-state index contributed by atoms with van der Waals surface area (Å²) in [5.41, 5.74) is 1.03. The SMILES string of the molecule is CCn1c2c(c(=O)[nH]c1=O)C(c1ccc(OC)cc1)C1=C(COC1=O)N2. The molecule has 1 aromatic carbocycles. The molecule has 8 nitrogen and oxygen atoms in total. The van der Waals surface area contributed by atoms with E-state index < -0.39 is 23.1 Å². The van der Waals surface area contributed by atoms with Gasteiger partial charge in [0.05, 0.1) is 29.9 Å². The van der Waals surface area contributed by atoms with Gasteiger partial charge in [0.25, 0.3) is 5.56 Å². The summed E-state index contributed by atoms with van der Waals surface area (Å²) in [6.07, 6.45) is 0. The van der Waals surface area contributed by atoms with Crippen molar-refractivity contribution in [1.29, 1.82) is 0 Å². The second-order valence-corrected chi connectivity index (χ2v) is 6.07. The molecule has 0 radical (unpaired) electrons. The third kappa shape index (κ3) is 2.26. The van der Waals surface area contributed by atoms with E-state index in [9.17, 15) is 14.4 Å². The highest BCUT2D eigenvalue weighted by Gasteiger charge is 2.41. The molecule has 26 heavy (non-hydrogen) atoms. The Kier molecular flexibility index (Phi) is 3.68. The minimum Gasteiger partial charge on any atom is -0.497 e. The van der Waals surface area contributed by atoms with Crippen LogP contribution in [0, 0.1) is 0 Å². The molecule has 1 aromatic heterocycles. The fourth-order valence-electron chi connectivity index (χ4n) is 3.52. The zero-order valence-corrected chi connectivity index (χ0v) is 14.3. The molecular weight excluding hydrogens is 338 g/mol. The van der Waals surface area contributed by atoms with Crippen LogP contribution in [0.25, 0.3) is 0 Å². The Morgan fingerprint density at radius 3 is 2.62 bits per heavy atom. The standard InChI is InChI=1S/C18H17N3O5/c1-3-21-15-14(16(22)20-18(21)24)12(9-4-6-10(25-2)7-5-9)13-11(19-15)8-26-17(13)23/h4-7,12,19H,3,8H2,1-2H3,(H,20,22,24). The van der Waals surface area contributed by atoms with Crippen LogP contribution in [0.4, 0.5) is 5.82 Å². The Bertz CT molecular complexity index is 1050. The molecule has 3 heterocycles. The van der Waals surface area contributed by atoms with Gasteiger partial charge in [-0.05, 0) is 24.6 Å².